The van der Waals surface area contributed by atoms with Crippen LogP contribution in [0.5, 0.6) is 0 Å². The van der Waals surface area contributed by atoms with Crippen LogP contribution in [-0.2, 0) is 0 Å². The van der Waals surface area contributed by atoms with E-state index in [2.05, 4.69) is 188 Å². The van der Waals surface area contributed by atoms with Gasteiger partial charge in [0.1, 0.15) is 11.2 Å². The number of furan rings is 1. The number of benzene rings is 10. The van der Waals surface area contributed by atoms with Crippen LogP contribution in [0.25, 0.3) is 132 Å². The highest BCUT2D eigenvalue weighted by Crippen LogP contribution is 2.46. The molecule has 0 radical (unpaired) electrons. The van der Waals surface area contributed by atoms with Crippen LogP contribution in [0.4, 0.5) is 0 Å². The summed E-state index contributed by atoms with van der Waals surface area (Å²) >= 11 is 1.89. The third-order valence-electron chi connectivity index (χ3n) is 13.0. The van der Waals surface area contributed by atoms with Crippen LogP contribution in [-0.4, -0.2) is 15.0 Å². The Kier molecular flexibility index (Phi) is 9.66. The van der Waals surface area contributed by atoms with E-state index in [4.69, 9.17) is 19.4 Å². The molecule has 10 aromatic carbocycles. The molecule has 0 saturated carbocycles. The Morgan fingerprint density at radius 1 is 0.265 bits per heavy atom. The van der Waals surface area contributed by atoms with E-state index in [9.17, 15) is 0 Å². The lowest BCUT2D eigenvalue weighted by Crippen LogP contribution is -2.00. The fourth-order valence-corrected chi connectivity index (χ4v) is 11.0. The highest BCUT2D eigenvalue weighted by molar-refractivity contribution is 7.26. The van der Waals surface area contributed by atoms with E-state index in [1.807, 2.05) is 59.9 Å². The van der Waals surface area contributed by atoms with Crippen LogP contribution in [0.2, 0.25) is 0 Å². The summed E-state index contributed by atoms with van der Waals surface area (Å²) in [4.78, 5) is 15.4. The summed E-state index contributed by atoms with van der Waals surface area (Å²) in [5.41, 5.74) is 16.2. The van der Waals surface area contributed by atoms with Gasteiger partial charge in [-0.3, -0.25) is 0 Å². The van der Waals surface area contributed by atoms with Gasteiger partial charge in [0.2, 0.25) is 0 Å². The summed E-state index contributed by atoms with van der Waals surface area (Å²) in [7, 11) is 0. The largest absolute Gasteiger partial charge is 0.456 e. The van der Waals surface area contributed by atoms with E-state index in [-0.39, 0.29) is 0 Å². The van der Waals surface area contributed by atoms with Crippen molar-refractivity contribution in [2.24, 2.45) is 0 Å². The monoisotopic (exact) mass is 885 g/mol. The first-order valence-corrected chi connectivity index (χ1v) is 23.6. The summed E-state index contributed by atoms with van der Waals surface area (Å²) in [6.07, 6.45) is 0. The van der Waals surface area contributed by atoms with Gasteiger partial charge < -0.3 is 4.42 Å². The highest BCUT2D eigenvalue weighted by Gasteiger charge is 2.20. The first kappa shape index (κ1) is 39.6. The number of thiophene rings is 1. The number of aromatic nitrogens is 3. The predicted molar refractivity (Wildman–Crippen MR) is 283 cm³/mol. The number of hydrogen-bond acceptors (Lipinski definition) is 5. The van der Waals surface area contributed by atoms with Crippen molar-refractivity contribution in [1.82, 2.24) is 15.0 Å². The fraction of sp³-hybridized carbons (Fsp3) is 0. The lowest BCUT2D eigenvalue weighted by molar-refractivity contribution is 0.669. The zero-order valence-electron chi connectivity index (χ0n) is 36.7. The van der Waals surface area contributed by atoms with Crippen molar-refractivity contribution >= 4 is 53.4 Å². The van der Waals surface area contributed by atoms with Crippen molar-refractivity contribution < 1.29 is 4.42 Å². The Hall–Kier alpha value is -8.77. The lowest BCUT2D eigenvalue weighted by atomic mass is 9.92. The number of nitrogens with zero attached hydrogens (tertiary/aromatic N) is 3. The van der Waals surface area contributed by atoms with Crippen LogP contribution in [0.15, 0.2) is 241 Å². The van der Waals surface area contributed by atoms with Crippen molar-refractivity contribution in [2.45, 2.75) is 0 Å². The molecule has 0 aliphatic carbocycles. The van der Waals surface area contributed by atoms with Crippen molar-refractivity contribution in [3.8, 4) is 89.8 Å². The quantitative estimate of drug-likeness (QED) is 0.153. The molecule has 318 valence electrons. The maximum atomic E-state index is 6.42. The molecule has 0 spiro atoms. The molecule has 0 fully saturated rings. The maximum Gasteiger partial charge on any atom is 0.164 e. The van der Waals surface area contributed by atoms with E-state index < -0.39 is 0 Å². The molecular weight excluding hydrogens is 847 g/mol. The molecule has 0 amide bonds. The molecule has 3 aromatic heterocycles. The van der Waals surface area contributed by atoms with Gasteiger partial charge in [0.25, 0.3) is 0 Å². The molecule has 13 aromatic rings. The Balaban J connectivity index is 0.847. The Bertz CT molecular complexity index is 3990. The molecule has 13 rings (SSSR count). The molecule has 4 nitrogen and oxygen atoms in total. The third-order valence-corrected chi connectivity index (χ3v) is 14.3. The third kappa shape index (κ3) is 6.96. The average Bonchev–Trinajstić information content (AvgIpc) is 4.00. The summed E-state index contributed by atoms with van der Waals surface area (Å²) in [5.74, 6) is 1.81. The second-order valence-electron chi connectivity index (χ2n) is 17.1. The minimum atomic E-state index is 0.590. The highest BCUT2D eigenvalue weighted by atomic mass is 32.1. The topological polar surface area (TPSA) is 51.8 Å². The smallest absolute Gasteiger partial charge is 0.164 e. The van der Waals surface area contributed by atoms with Crippen LogP contribution < -0.4 is 0 Å². The Morgan fingerprint density at radius 2 is 0.706 bits per heavy atom. The molecule has 0 aliphatic heterocycles. The summed E-state index contributed by atoms with van der Waals surface area (Å²) in [6, 6.07) is 83.4. The number of fused-ring (bicyclic) bond motifs is 6. The van der Waals surface area contributed by atoms with E-state index in [1.54, 1.807) is 0 Å². The van der Waals surface area contributed by atoms with E-state index in [1.165, 1.54) is 53.6 Å². The Morgan fingerprint density at radius 3 is 1.38 bits per heavy atom. The van der Waals surface area contributed by atoms with Crippen LogP contribution in [0.3, 0.4) is 0 Å². The van der Waals surface area contributed by atoms with Crippen molar-refractivity contribution in [1.29, 1.82) is 0 Å². The normalized spacial score (nSPS) is 11.5. The minimum Gasteiger partial charge on any atom is -0.456 e. The summed E-state index contributed by atoms with van der Waals surface area (Å²) in [5, 5.41) is 4.59. The Labute approximate surface area is 397 Å². The minimum absolute atomic E-state index is 0.590. The van der Waals surface area contributed by atoms with Crippen LogP contribution in [0.1, 0.15) is 0 Å². The van der Waals surface area contributed by atoms with Gasteiger partial charge in [0.05, 0.1) is 0 Å². The SMILES string of the molecule is c1ccc(-c2ccc3oc4cccc(-c5nc(-c6ccccc6)nc(-c6ccc(-c7ccc(-c8ccccc8-c8cccc9c8sc8c(-c%10ccccc%10)cccc89)cc7)cc6)n5)c4c3c2)cc1. The van der Waals surface area contributed by atoms with Gasteiger partial charge in [-0.25, -0.2) is 15.0 Å². The number of hydrogen-bond donors (Lipinski definition) is 0. The van der Waals surface area contributed by atoms with Gasteiger partial charge in [0, 0.05) is 53.2 Å². The zero-order chi connectivity index (χ0) is 45.0. The van der Waals surface area contributed by atoms with Crippen molar-refractivity contribution in [3.63, 3.8) is 0 Å². The standard InChI is InChI=1S/C63H39N3OS/c1-4-15-40(16-5-1)47-37-38-56-55(39-47)58-54(27-14-28-57(58)67-56)63-65-61(45-19-8-3-9-20-45)64-62(66-63)46-35-31-42(32-36-46)41-29-33-44(34-30-41)48-21-10-11-22-50(48)51-24-13-26-53-52-25-12-23-49(59(52)68-60(51)53)43-17-6-2-7-18-43/h1-39H. The van der Waals surface area contributed by atoms with E-state index in [0.717, 1.165) is 60.9 Å². The fourth-order valence-electron chi connectivity index (χ4n) is 9.67. The molecule has 3 heterocycles. The number of rotatable bonds is 8. The molecule has 0 N–H and O–H groups in total. The molecule has 0 unspecified atom stereocenters. The zero-order valence-corrected chi connectivity index (χ0v) is 37.5. The average molecular weight is 886 g/mol. The second-order valence-corrected chi connectivity index (χ2v) is 18.1. The summed E-state index contributed by atoms with van der Waals surface area (Å²) < 4.78 is 9.05. The van der Waals surface area contributed by atoms with E-state index in [0.29, 0.717) is 17.5 Å². The van der Waals surface area contributed by atoms with Gasteiger partial charge in [-0.05, 0) is 68.3 Å². The predicted octanol–water partition coefficient (Wildman–Crippen LogP) is 17.5. The maximum absolute atomic E-state index is 6.42. The molecule has 5 heteroatoms. The second kappa shape index (κ2) is 16.6. The molecule has 0 bridgehead atoms. The first-order valence-electron chi connectivity index (χ1n) is 22.8. The van der Waals surface area contributed by atoms with Crippen molar-refractivity contribution in [2.75, 3.05) is 0 Å². The van der Waals surface area contributed by atoms with Gasteiger partial charge in [-0.1, -0.05) is 218 Å². The van der Waals surface area contributed by atoms with Crippen molar-refractivity contribution in [3.05, 3.63) is 237 Å². The van der Waals surface area contributed by atoms with Crippen LogP contribution >= 0.6 is 11.3 Å². The van der Waals surface area contributed by atoms with Gasteiger partial charge >= 0.3 is 0 Å². The van der Waals surface area contributed by atoms with Gasteiger partial charge in [-0.2, -0.15) is 0 Å². The molecule has 0 aliphatic rings. The van der Waals surface area contributed by atoms with Gasteiger partial charge in [0.15, 0.2) is 17.5 Å². The molecule has 0 atom stereocenters. The lowest BCUT2D eigenvalue weighted by Gasteiger charge is -2.12. The molecule has 68 heavy (non-hydrogen) atoms. The molecular formula is C63H39N3OS. The summed E-state index contributed by atoms with van der Waals surface area (Å²) in [6.45, 7) is 0. The van der Waals surface area contributed by atoms with E-state index >= 15 is 0 Å². The van der Waals surface area contributed by atoms with Gasteiger partial charge in [-0.15, -0.1) is 11.3 Å². The van der Waals surface area contributed by atoms with Crippen LogP contribution in [0, 0.1) is 0 Å². The first-order chi connectivity index (χ1) is 33.7. The molecule has 0 saturated heterocycles.